The van der Waals surface area contributed by atoms with Crippen molar-refractivity contribution in [3.05, 3.63) is 53.8 Å². The van der Waals surface area contributed by atoms with Gasteiger partial charge >= 0.3 is 6.09 Å². The molecule has 6 heteroatoms. The third-order valence-electron chi connectivity index (χ3n) is 4.88. The van der Waals surface area contributed by atoms with E-state index < -0.39 is 23.6 Å². The minimum atomic E-state index is -0.771. The minimum Gasteiger partial charge on any atom is -0.507 e. The van der Waals surface area contributed by atoms with Crippen LogP contribution in [0.4, 0.5) is 9.18 Å². The van der Waals surface area contributed by atoms with E-state index in [2.05, 4.69) is 0 Å². The van der Waals surface area contributed by atoms with Crippen molar-refractivity contribution < 1.29 is 23.8 Å². The number of aromatic hydroxyl groups is 1. The number of carbonyl (C=O) groups is 2. The molecule has 2 aromatic carbocycles. The second-order valence-corrected chi connectivity index (χ2v) is 8.26. The van der Waals surface area contributed by atoms with Gasteiger partial charge in [-0.25, -0.2) is 9.18 Å². The van der Waals surface area contributed by atoms with Gasteiger partial charge in [-0.2, -0.15) is 0 Å². The van der Waals surface area contributed by atoms with Gasteiger partial charge in [-0.15, -0.1) is 0 Å². The Morgan fingerprint density at radius 2 is 1.86 bits per heavy atom. The van der Waals surface area contributed by atoms with Crippen LogP contribution in [0, 0.1) is 5.82 Å². The number of ketones is 1. The highest BCUT2D eigenvalue weighted by atomic mass is 19.1. The van der Waals surface area contributed by atoms with Gasteiger partial charge in [-0.3, -0.25) is 9.69 Å². The topological polar surface area (TPSA) is 66.8 Å². The number of rotatable bonds is 3. The molecule has 1 N–H and O–H groups in total. The number of likely N-dealkylation sites (tertiary alicyclic amines) is 1. The molecule has 0 saturated carbocycles. The predicted octanol–water partition coefficient (Wildman–Crippen LogP) is 4.71. The Morgan fingerprint density at radius 1 is 1.17 bits per heavy atom. The largest absolute Gasteiger partial charge is 0.507 e. The van der Waals surface area contributed by atoms with Crippen molar-refractivity contribution in [3.8, 4) is 16.9 Å². The molecule has 0 radical (unpaired) electrons. The van der Waals surface area contributed by atoms with Gasteiger partial charge in [0.15, 0.2) is 5.78 Å². The number of hydrogen-bond acceptors (Lipinski definition) is 4. The summed E-state index contributed by atoms with van der Waals surface area (Å²) in [6, 6.07) is 10.6. The number of Topliss-reactive ketones (excluding diaryl/α,β-unsaturated/α-hetero) is 1. The van der Waals surface area contributed by atoms with Crippen LogP contribution in [0.3, 0.4) is 0 Å². The molecule has 1 heterocycles. The van der Waals surface area contributed by atoms with Crippen molar-refractivity contribution in [1.29, 1.82) is 0 Å². The lowest BCUT2D eigenvalue weighted by molar-refractivity contribution is -0.126. The van der Waals surface area contributed by atoms with Crippen LogP contribution in [-0.4, -0.2) is 40.1 Å². The lowest BCUT2D eigenvalue weighted by Gasteiger charge is -2.36. The molecule has 29 heavy (non-hydrogen) atoms. The molecule has 1 saturated heterocycles. The Morgan fingerprint density at radius 3 is 2.55 bits per heavy atom. The van der Waals surface area contributed by atoms with Gasteiger partial charge in [0.1, 0.15) is 17.2 Å². The van der Waals surface area contributed by atoms with Crippen LogP contribution in [0.25, 0.3) is 11.1 Å². The van der Waals surface area contributed by atoms with Crippen molar-refractivity contribution in [2.24, 2.45) is 0 Å². The number of hydrogen-bond donors (Lipinski definition) is 1. The van der Waals surface area contributed by atoms with Gasteiger partial charge in [-0.1, -0.05) is 36.4 Å². The monoisotopic (exact) mass is 399 g/mol. The summed E-state index contributed by atoms with van der Waals surface area (Å²) in [5.74, 6) is -0.626. The number of halogens is 1. The fourth-order valence-corrected chi connectivity index (χ4v) is 3.54. The fraction of sp³-hybridized carbons (Fsp3) is 0.391. The quantitative estimate of drug-likeness (QED) is 0.812. The van der Waals surface area contributed by atoms with Crippen molar-refractivity contribution in [3.63, 3.8) is 0 Å². The lowest BCUT2D eigenvalue weighted by Crippen LogP contribution is -2.51. The molecular formula is C23H26FNO4. The van der Waals surface area contributed by atoms with Crippen molar-refractivity contribution in [1.82, 2.24) is 4.90 Å². The van der Waals surface area contributed by atoms with E-state index in [-0.39, 0.29) is 23.5 Å². The van der Waals surface area contributed by atoms with E-state index in [1.807, 2.05) is 0 Å². The highest BCUT2D eigenvalue weighted by molar-refractivity contribution is 5.89. The van der Waals surface area contributed by atoms with Crippen LogP contribution >= 0.6 is 0 Å². The van der Waals surface area contributed by atoms with Gasteiger partial charge in [0.05, 0.1) is 6.04 Å². The van der Waals surface area contributed by atoms with E-state index in [1.165, 1.54) is 11.0 Å². The first-order valence-electron chi connectivity index (χ1n) is 9.75. The summed E-state index contributed by atoms with van der Waals surface area (Å²) in [4.78, 5) is 26.6. The maximum Gasteiger partial charge on any atom is 0.410 e. The highest BCUT2D eigenvalue weighted by Crippen LogP contribution is 2.33. The average molecular weight is 399 g/mol. The number of carbonyl (C=O) groups excluding carboxylic acids is 2. The molecule has 0 aliphatic carbocycles. The summed E-state index contributed by atoms with van der Waals surface area (Å²) in [5.41, 5.74) is 0.274. The molecule has 1 unspecified atom stereocenters. The summed E-state index contributed by atoms with van der Waals surface area (Å²) >= 11 is 0. The molecule has 1 aliphatic rings. The molecular weight excluding hydrogens is 373 g/mol. The first-order valence-corrected chi connectivity index (χ1v) is 9.75. The summed E-state index contributed by atoms with van der Waals surface area (Å²) in [6.45, 7) is 5.69. The van der Waals surface area contributed by atoms with Crippen LogP contribution in [0.1, 0.15) is 39.2 Å². The Balaban J connectivity index is 1.91. The Labute approximate surface area is 170 Å². The number of piperidine rings is 1. The number of para-hydroxylation sites is 1. The summed E-state index contributed by atoms with van der Waals surface area (Å²) in [6.07, 6.45) is 0.415. The number of phenolic OH excluding ortho intramolecular Hbond substituents is 1. The standard InChI is InChI=1S/C23H26FNO4/c1-23(2,3)29-22(28)25-13-7-12-20(27)18(25)14-15-8-6-10-17(21(15)24)16-9-4-5-11-19(16)26/h4-6,8-11,18,26H,7,12-14H2,1-3H3. The maximum atomic E-state index is 15.3. The van der Waals surface area contributed by atoms with Gasteiger partial charge in [0, 0.05) is 30.5 Å². The zero-order valence-corrected chi connectivity index (χ0v) is 16.9. The summed E-state index contributed by atoms with van der Waals surface area (Å²) < 4.78 is 20.7. The Bertz CT molecular complexity index is 919. The third kappa shape index (κ3) is 4.75. The van der Waals surface area contributed by atoms with Crippen molar-refractivity contribution in [2.45, 2.75) is 51.7 Å². The van der Waals surface area contributed by atoms with Crippen molar-refractivity contribution in [2.75, 3.05) is 6.54 Å². The highest BCUT2D eigenvalue weighted by Gasteiger charge is 2.36. The number of phenols is 1. The molecule has 1 atom stereocenters. The first kappa shape index (κ1) is 20.8. The molecule has 0 bridgehead atoms. The van der Waals surface area contributed by atoms with Crippen LogP contribution < -0.4 is 0 Å². The lowest BCUT2D eigenvalue weighted by atomic mass is 9.92. The first-order chi connectivity index (χ1) is 13.7. The van der Waals surface area contributed by atoms with Crippen LogP contribution in [0.5, 0.6) is 5.75 Å². The van der Waals surface area contributed by atoms with E-state index in [4.69, 9.17) is 4.74 Å². The molecule has 0 spiro atoms. The minimum absolute atomic E-state index is 0.0207. The van der Waals surface area contributed by atoms with E-state index in [1.54, 1.807) is 57.2 Å². The van der Waals surface area contributed by atoms with Gasteiger partial charge in [0.2, 0.25) is 0 Å². The molecule has 1 amide bonds. The fourth-order valence-electron chi connectivity index (χ4n) is 3.54. The summed E-state index contributed by atoms with van der Waals surface area (Å²) in [7, 11) is 0. The number of ether oxygens (including phenoxy) is 1. The third-order valence-corrected chi connectivity index (χ3v) is 4.88. The average Bonchev–Trinajstić information content (AvgIpc) is 2.64. The van der Waals surface area contributed by atoms with Gasteiger partial charge in [0.25, 0.3) is 0 Å². The van der Waals surface area contributed by atoms with Crippen LogP contribution in [-0.2, 0) is 16.0 Å². The maximum absolute atomic E-state index is 15.3. The van der Waals surface area contributed by atoms with E-state index in [9.17, 15) is 14.7 Å². The Kier molecular flexibility index (Phi) is 5.91. The molecule has 5 nitrogen and oxygen atoms in total. The zero-order valence-electron chi connectivity index (χ0n) is 16.9. The molecule has 1 aliphatic heterocycles. The second kappa shape index (κ2) is 8.23. The number of nitrogens with zero attached hydrogens (tertiary/aromatic N) is 1. The Hall–Kier alpha value is -2.89. The molecule has 3 rings (SSSR count). The van der Waals surface area contributed by atoms with Crippen LogP contribution in [0.15, 0.2) is 42.5 Å². The zero-order chi connectivity index (χ0) is 21.2. The van der Waals surface area contributed by atoms with Crippen LogP contribution in [0.2, 0.25) is 0 Å². The van der Waals surface area contributed by atoms with E-state index in [0.717, 1.165) is 0 Å². The van der Waals surface area contributed by atoms with Gasteiger partial charge < -0.3 is 9.84 Å². The van der Waals surface area contributed by atoms with E-state index >= 15 is 4.39 Å². The normalized spacial score (nSPS) is 17.3. The van der Waals surface area contributed by atoms with Gasteiger partial charge in [-0.05, 0) is 38.8 Å². The molecule has 0 aromatic heterocycles. The predicted molar refractivity (Wildman–Crippen MR) is 108 cm³/mol. The smallest absolute Gasteiger partial charge is 0.410 e. The summed E-state index contributed by atoms with van der Waals surface area (Å²) in [5, 5.41) is 10.1. The molecule has 1 fully saturated rings. The second-order valence-electron chi connectivity index (χ2n) is 8.26. The number of amides is 1. The van der Waals surface area contributed by atoms with E-state index in [0.29, 0.717) is 30.5 Å². The molecule has 154 valence electrons. The van der Waals surface area contributed by atoms with Crippen molar-refractivity contribution >= 4 is 11.9 Å². The molecule has 2 aromatic rings. The number of benzene rings is 2. The SMILES string of the molecule is CC(C)(C)OC(=O)N1CCCC(=O)C1Cc1cccc(-c2ccccc2O)c1F.